The van der Waals surface area contributed by atoms with Crippen molar-refractivity contribution in [3.8, 4) is 0 Å². The standard InChI is InChI=1S/C11H13N3O3/c1-7-10(15)13-4-5-14(7)9-6-8(11(16)17)2-3-12-9/h2-3,6-7H,4-5H2,1H3,(H,13,15)(H,16,17). The molecule has 0 bridgehead atoms. The summed E-state index contributed by atoms with van der Waals surface area (Å²) in [5.74, 6) is -0.547. The number of carbonyl (C=O) groups is 2. The van der Waals surface area contributed by atoms with Gasteiger partial charge in [-0.15, -0.1) is 0 Å². The number of hydrogen-bond acceptors (Lipinski definition) is 4. The molecule has 1 unspecified atom stereocenters. The summed E-state index contributed by atoms with van der Waals surface area (Å²) in [5, 5.41) is 11.6. The lowest BCUT2D eigenvalue weighted by Gasteiger charge is -2.33. The molecule has 2 N–H and O–H groups in total. The number of pyridine rings is 1. The van der Waals surface area contributed by atoms with E-state index >= 15 is 0 Å². The number of piperazine rings is 1. The van der Waals surface area contributed by atoms with Crippen LogP contribution in [0.3, 0.4) is 0 Å². The lowest BCUT2D eigenvalue weighted by atomic mass is 10.2. The number of anilines is 1. The summed E-state index contributed by atoms with van der Waals surface area (Å²) in [6.45, 7) is 2.94. The Labute approximate surface area is 98.3 Å². The molecule has 90 valence electrons. The fourth-order valence-electron chi connectivity index (χ4n) is 1.80. The molecule has 0 aromatic carbocycles. The molecule has 1 aromatic rings. The van der Waals surface area contributed by atoms with Crippen LogP contribution in [0.25, 0.3) is 0 Å². The fraction of sp³-hybridized carbons (Fsp3) is 0.364. The van der Waals surface area contributed by atoms with Crippen LogP contribution in [0, 0.1) is 0 Å². The van der Waals surface area contributed by atoms with Crippen LogP contribution >= 0.6 is 0 Å². The second-order valence-corrected chi connectivity index (χ2v) is 3.87. The number of amides is 1. The monoisotopic (exact) mass is 235 g/mol. The Morgan fingerprint density at radius 2 is 2.41 bits per heavy atom. The predicted molar refractivity (Wildman–Crippen MR) is 61.0 cm³/mol. The van der Waals surface area contributed by atoms with Crippen molar-refractivity contribution in [2.45, 2.75) is 13.0 Å². The molecule has 1 amide bonds. The van der Waals surface area contributed by atoms with Crippen LogP contribution in [0.4, 0.5) is 5.82 Å². The molecule has 1 atom stereocenters. The molecule has 1 aliphatic rings. The normalized spacial score (nSPS) is 19.9. The highest BCUT2D eigenvalue weighted by atomic mass is 16.4. The van der Waals surface area contributed by atoms with Crippen LogP contribution in [0.5, 0.6) is 0 Å². The Balaban J connectivity index is 2.29. The highest BCUT2D eigenvalue weighted by molar-refractivity contribution is 5.89. The lowest BCUT2D eigenvalue weighted by Crippen LogP contribution is -2.54. The number of carboxylic acids is 1. The number of nitrogens with one attached hydrogen (secondary N) is 1. The van der Waals surface area contributed by atoms with E-state index in [1.165, 1.54) is 18.3 Å². The lowest BCUT2D eigenvalue weighted by molar-refractivity contribution is -0.122. The number of nitrogens with zero attached hydrogens (tertiary/aromatic N) is 2. The smallest absolute Gasteiger partial charge is 0.335 e. The fourth-order valence-corrected chi connectivity index (χ4v) is 1.80. The molecule has 1 aliphatic heterocycles. The first-order valence-electron chi connectivity index (χ1n) is 5.33. The van der Waals surface area contributed by atoms with Crippen molar-refractivity contribution in [3.63, 3.8) is 0 Å². The number of carboxylic acid groups (broad SMARTS) is 1. The van der Waals surface area contributed by atoms with E-state index < -0.39 is 5.97 Å². The minimum absolute atomic E-state index is 0.0706. The van der Waals surface area contributed by atoms with Gasteiger partial charge in [0.05, 0.1) is 5.56 Å². The van der Waals surface area contributed by atoms with Gasteiger partial charge in [-0.1, -0.05) is 0 Å². The maximum Gasteiger partial charge on any atom is 0.335 e. The largest absolute Gasteiger partial charge is 0.478 e. The molecule has 0 saturated carbocycles. The molecule has 6 heteroatoms. The minimum Gasteiger partial charge on any atom is -0.478 e. The third-order valence-corrected chi connectivity index (χ3v) is 2.79. The van der Waals surface area contributed by atoms with Crippen LogP contribution < -0.4 is 10.2 Å². The molecule has 0 aliphatic carbocycles. The molecule has 0 radical (unpaired) electrons. The van der Waals surface area contributed by atoms with Gasteiger partial charge in [-0.2, -0.15) is 0 Å². The number of carbonyl (C=O) groups excluding carboxylic acids is 1. The van der Waals surface area contributed by atoms with Crippen molar-refractivity contribution in [2.24, 2.45) is 0 Å². The summed E-state index contributed by atoms with van der Waals surface area (Å²) in [4.78, 5) is 28.3. The predicted octanol–water partition coefficient (Wildman–Crippen LogP) is 0.104. The van der Waals surface area contributed by atoms with Gasteiger partial charge in [0.2, 0.25) is 5.91 Å². The van der Waals surface area contributed by atoms with Crippen molar-refractivity contribution in [1.29, 1.82) is 0 Å². The second kappa shape index (κ2) is 4.40. The maximum absolute atomic E-state index is 11.5. The van der Waals surface area contributed by atoms with Gasteiger partial charge in [-0.3, -0.25) is 4.79 Å². The Hall–Kier alpha value is -2.11. The summed E-state index contributed by atoms with van der Waals surface area (Å²) in [6, 6.07) is 2.58. The van der Waals surface area contributed by atoms with Crippen molar-refractivity contribution >= 4 is 17.7 Å². The SMILES string of the molecule is CC1C(=O)NCCN1c1cc(C(=O)O)ccn1. The van der Waals surface area contributed by atoms with Gasteiger partial charge in [-0.05, 0) is 19.1 Å². The molecule has 1 aromatic heterocycles. The number of aromatic nitrogens is 1. The maximum atomic E-state index is 11.5. The quantitative estimate of drug-likeness (QED) is 0.760. The second-order valence-electron chi connectivity index (χ2n) is 3.87. The van der Waals surface area contributed by atoms with E-state index in [1.54, 1.807) is 11.8 Å². The highest BCUT2D eigenvalue weighted by Crippen LogP contribution is 2.17. The van der Waals surface area contributed by atoms with Crippen molar-refractivity contribution in [3.05, 3.63) is 23.9 Å². The Bertz CT molecular complexity index is 461. The molecule has 2 heterocycles. The topological polar surface area (TPSA) is 82.5 Å². The molecule has 17 heavy (non-hydrogen) atoms. The van der Waals surface area contributed by atoms with Gasteiger partial charge >= 0.3 is 5.97 Å². The number of hydrogen-bond donors (Lipinski definition) is 2. The average Bonchev–Trinajstić information content (AvgIpc) is 2.33. The van der Waals surface area contributed by atoms with Gasteiger partial charge < -0.3 is 15.3 Å². The molecule has 2 rings (SSSR count). The van der Waals surface area contributed by atoms with Crippen LogP contribution in [-0.4, -0.2) is 41.1 Å². The highest BCUT2D eigenvalue weighted by Gasteiger charge is 2.26. The zero-order valence-electron chi connectivity index (χ0n) is 9.38. The molecule has 6 nitrogen and oxygen atoms in total. The molecule has 0 spiro atoms. The van der Waals surface area contributed by atoms with Gasteiger partial charge in [0, 0.05) is 19.3 Å². The summed E-state index contributed by atoms with van der Waals surface area (Å²) < 4.78 is 0. The van der Waals surface area contributed by atoms with Gasteiger partial charge in [-0.25, -0.2) is 9.78 Å². The summed E-state index contributed by atoms with van der Waals surface area (Å²) in [7, 11) is 0. The zero-order valence-corrected chi connectivity index (χ0v) is 9.38. The van der Waals surface area contributed by atoms with E-state index in [0.29, 0.717) is 18.9 Å². The summed E-state index contributed by atoms with van der Waals surface area (Å²) in [5.41, 5.74) is 0.174. The van der Waals surface area contributed by atoms with E-state index in [4.69, 9.17) is 5.11 Å². The van der Waals surface area contributed by atoms with Gasteiger partial charge in [0.25, 0.3) is 0 Å². The Morgan fingerprint density at radius 1 is 1.65 bits per heavy atom. The van der Waals surface area contributed by atoms with Gasteiger partial charge in [0.15, 0.2) is 0 Å². The zero-order chi connectivity index (χ0) is 12.4. The first-order valence-corrected chi connectivity index (χ1v) is 5.33. The first kappa shape index (κ1) is 11.4. The Morgan fingerprint density at radius 3 is 3.12 bits per heavy atom. The van der Waals surface area contributed by atoms with E-state index in [9.17, 15) is 9.59 Å². The van der Waals surface area contributed by atoms with Gasteiger partial charge in [0.1, 0.15) is 11.9 Å². The molecule has 1 fully saturated rings. The van der Waals surface area contributed by atoms with E-state index in [1.807, 2.05) is 0 Å². The Kier molecular flexibility index (Phi) is 2.95. The van der Waals surface area contributed by atoms with Crippen molar-refractivity contribution in [2.75, 3.05) is 18.0 Å². The van der Waals surface area contributed by atoms with E-state index in [-0.39, 0.29) is 17.5 Å². The third kappa shape index (κ3) is 2.20. The van der Waals surface area contributed by atoms with Crippen LogP contribution in [0.15, 0.2) is 18.3 Å². The van der Waals surface area contributed by atoms with Crippen LogP contribution in [0.2, 0.25) is 0 Å². The third-order valence-electron chi connectivity index (χ3n) is 2.79. The van der Waals surface area contributed by atoms with Crippen LogP contribution in [-0.2, 0) is 4.79 Å². The molecular formula is C11H13N3O3. The van der Waals surface area contributed by atoms with Crippen molar-refractivity contribution in [1.82, 2.24) is 10.3 Å². The van der Waals surface area contributed by atoms with Crippen molar-refractivity contribution < 1.29 is 14.7 Å². The first-order chi connectivity index (χ1) is 8.09. The minimum atomic E-state index is -0.997. The average molecular weight is 235 g/mol. The summed E-state index contributed by atoms with van der Waals surface area (Å²) >= 11 is 0. The number of rotatable bonds is 2. The van der Waals surface area contributed by atoms with E-state index in [0.717, 1.165) is 0 Å². The number of aromatic carboxylic acids is 1. The summed E-state index contributed by atoms with van der Waals surface area (Å²) in [6.07, 6.45) is 1.44. The van der Waals surface area contributed by atoms with E-state index in [2.05, 4.69) is 10.3 Å². The molecular weight excluding hydrogens is 222 g/mol. The van der Waals surface area contributed by atoms with Crippen LogP contribution in [0.1, 0.15) is 17.3 Å². The molecule has 1 saturated heterocycles.